The molecule has 1 aliphatic heterocycles. The Bertz CT molecular complexity index is 217. The summed E-state index contributed by atoms with van der Waals surface area (Å²) in [6.07, 6.45) is 1.70. The Kier molecular flexibility index (Phi) is 1.13. The first-order valence-corrected chi connectivity index (χ1v) is 3.63. The number of hydrogen-bond donors (Lipinski definition) is 1. The molecular formula is C6H6BrNO. The highest BCUT2D eigenvalue weighted by atomic mass is 79.9. The van der Waals surface area contributed by atoms with E-state index in [1.54, 1.807) is 6.26 Å². The third-order valence-electron chi connectivity index (χ3n) is 1.34. The van der Waals surface area contributed by atoms with E-state index in [4.69, 9.17) is 4.42 Å². The van der Waals surface area contributed by atoms with Crippen LogP contribution in [0.4, 0.5) is 0 Å². The zero-order valence-electron chi connectivity index (χ0n) is 4.73. The van der Waals surface area contributed by atoms with Crippen LogP contribution in [0.15, 0.2) is 21.2 Å². The highest BCUT2D eigenvalue weighted by Gasteiger charge is 2.25. The molecule has 48 valence electrons. The zero-order valence-corrected chi connectivity index (χ0v) is 6.31. The highest BCUT2D eigenvalue weighted by Crippen LogP contribution is 2.25. The molecule has 0 aliphatic carbocycles. The smallest absolute Gasteiger partial charge is 0.123 e. The number of hydrogen-bond acceptors (Lipinski definition) is 2. The molecule has 1 aromatic heterocycles. The molecule has 1 aliphatic rings. The number of nitrogens with one attached hydrogen (secondary N) is 1. The number of furan rings is 1. The van der Waals surface area contributed by atoms with Crippen LogP contribution in [0.25, 0.3) is 0 Å². The molecule has 1 N–H and O–H groups in total. The maximum atomic E-state index is 5.18. The summed E-state index contributed by atoms with van der Waals surface area (Å²) in [5, 5.41) is 3.15. The fourth-order valence-corrected chi connectivity index (χ4v) is 1.09. The van der Waals surface area contributed by atoms with Gasteiger partial charge < -0.3 is 9.73 Å². The molecule has 0 bridgehead atoms. The van der Waals surface area contributed by atoms with E-state index in [9.17, 15) is 0 Å². The van der Waals surface area contributed by atoms with Crippen LogP contribution >= 0.6 is 15.9 Å². The standard InChI is InChI=1S/C6H6BrNO/c7-4-1-6(9-3-4)5-2-8-5/h1,3,5,8H,2H2/t5-/m1/s1. The van der Waals surface area contributed by atoms with E-state index in [0.29, 0.717) is 6.04 Å². The molecule has 9 heavy (non-hydrogen) atoms. The van der Waals surface area contributed by atoms with Crippen molar-refractivity contribution in [3.8, 4) is 0 Å². The summed E-state index contributed by atoms with van der Waals surface area (Å²) in [5.41, 5.74) is 0. The first-order chi connectivity index (χ1) is 4.36. The summed E-state index contributed by atoms with van der Waals surface area (Å²) in [5.74, 6) is 1.03. The molecule has 1 fully saturated rings. The van der Waals surface area contributed by atoms with Gasteiger partial charge >= 0.3 is 0 Å². The number of halogens is 1. The van der Waals surface area contributed by atoms with Crippen molar-refractivity contribution in [2.45, 2.75) is 6.04 Å². The second-order valence-electron chi connectivity index (χ2n) is 2.13. The predicted octanol–water partition coefficient (Wildman–Crippen LogP) is 1.69. The molecule has 2 nitrogen and oxygen atoms in total. The second-order valence-corrected chi connectivity index (χ2v) is 3.04. The minimum absolute atomic E-state index is 0.483. The van der Waals surface area contributed by atoms with Gasteiger partial charge in [-0.15, -0.1) is 0 Å². The molecular weight excluding hydrogens is 182 g/mol. The quantitative estimate of drug-likeness (QED) is 0.680. The van der Waals surface area contributed by atoms with Gasteiger partial charge in [-0.25, -0.2) is 0 Å². The maximum absolute atomic E-state index is 5.18. The Morgan fingerprint density at radius 3 is 3.00 bits per heavy atom. The van der Waals surface area contributed by atoms with Gasteiger partial charge in [0.15, 0.2) is 0 Å². The molecule has 1 atom stereocenters. The third kappa shape index (κ3) is 1.02. The van der Waals surface area contributed by atoms with Crippen molar-refractivity contribution in [3.63, 3.8) is 0 Å². The maximum Gasteiger partial charge on any atom is 0.123 e. The minimum atomic E-state index is 0.483. The highest BCUT2D eigenvalue weighted by molar-refractivity contribution is 9.10. The summed E-state index contributed by atoms with van der Waals surface area (Å²) in [6, 6.07) is 2.47. The average molecular weight is 188 g/mol. The van der Waals surface area contributed by atoms with E-state index < -0.39 is 0 Å². The average Bonchev–Trinajstić information content (AvgIpc) is 2.58. The van der Waals surface area contributed by atoms with Crippen LogP contribution in [-0.2, 0) is 0 Å². The third-order valence-corrected chi connectivity index (χ3v) is 1.76. The van der Waals surface area contributed by atoms with Crippen molar-refractivity contribution in [2.24, 2.45) is 0 Å². The first kappa shape index (κ1) is 5.50. The lowest BCUT2D eigenvalue weighted by molar-refractivity contribution is 0.509. The van der Waals surface area contributed by atoms with Crippen molar-refractivity contribution < 1.29 is 4.42 Å². The molecule has 0 radical (unpaired) electrons. The largest absolute Gasteiger partial charge is 0.466 e. The van der Waals surface area contributed by atoms with E-state index in [2.05, 4.69) is 21.2 Å². The van der Waals surface area contributed by atoms with Gasteiger partial charge in [0.2, 0.25) is 0 Å². The monoisotopic (exact) mass is 187 g/mol. The van der Waals surface area contributed by atoms with E-state index in [1.165, 1.54) is 0 Å². The van der Waals surface area contributed by atoms with Crippen molar-refractivity contribution in [1.82, 2.24) is 5.32 Å². The van der Waals surface area contributed by atoms with Gasteiger partial charge in [-0.2, -0.15) is 0 Å². The van der Waals surface area contributed by atoms with Crippen molar-refractivity contribution >= 4 is 15.9 Å². The Morgan fingerprint density at radius 2 is 2.56 bits per heavy atom. The van der Waals surface area contributed by atoms with E-state index in [0.717, 1.165) is 16.8 Å². The molecule has 0 unspecified atom stereocenters. The second kappa shape index (κ2) is 1.85. The van der Waals surface area contributed by atoms with Crippen LogP contribution in [0, 0.1) is 0 Å². The Morgan fingerprint density at radius 1 is 1.78 bits per heavy atom. The molecule has 0 aromatic carbocycles. The van der Waals surface area contributed by atoms with Gasteiger partial charge in [0.25, 0.3) is 0 Å². The topological polar surface area (TPSA) is 35.1 Å². The van der Waals surface area contributed by atoms with Gasteiger partial charge in [0.1, 0.15) is 12.0 Å². The van der Waals surface area contributed by atoms with Crippen molar-refractivity contribution in [3.05, 3.63) is 22.6 Å². The Labute approximate surface area is 61.4 Å². The summed E-state index contributed by atoms with van der Waals surface area (Å²) >= 11 is 3.31. The van der Waals surface area contributed by atoms with E-state index in [-0.39, 0.29) is 0 Å². The summed E-state index contributed by atoms with van der Waals surface area (Å²) in [7, 11) is 0. The predicted molar refractivity (Wildman–Crippen MR) is 37.2 cm³/mol. The van der Waals surface area contributed by atoms with E-state index in [1.807, 2.05) is 6.07 Å². The summed E-state index contributed by atoms with van der Waals surface area (Å²) in [6.45, 7) is 1.06. The molecule has 0 spiro atoms. The fraction of sp³-hybridized carbons (Fsp3) is 0.333. The van der Waals surface area contributed by atoms with Gasteiger partial charge in [0, 0.05) is 6.54 Å². The molecule has 1 saturated heterocycles. The first-order valence-electron chi connectivity index (χ1n) is 2.83. The normalized spacial score (nSPS) is 24.3. The molecule has 0 saturated carbocycles. The van der Waals surface area contributed by atoms with Crippen LogP contribution in [0.1, 0.15) is 11.8 Å². The van der Waals surface area contributed by atoms with E-state index >= 15 is 0 Å². The Hall–Kier alpha value is -0.280. The lowest BCUT2D eigenvalue weighted by atomic mass is 10.4. The SMILES string of the molecule is Brc1coc([C@H]2CN2)c1. The van der Waals surface area contributed by atoms with Crippen molar-refractivity contribution in [1.29, 1.82) is 0 Å². The lowest BCUT2D eigenvalue weighted by Gasteiger charge is -1.81. The van der Waals surface area contributed by atoms with Crippen LogP contribution in [0.2, 0.25) is 0 Å². The molecule has 2 heterocycles. The van der Waals surface area contributed by atoms with Gasteiger partial charge in [0.05, 0.1) is 10.5 Å². The molecule has 2 rings (SSSR count). The summed E-state index contributed by atoms with van der Waals surface area (Å²) in [4.78, 5) is 0. The van der Waals surface area contributed by atoms with Gasteiger partial charge in [-0.1, -0.05) is 0 Å². The van der Waals surface area contributed by atoms with Crippen LogP contribution in [-0.4, -0.2) is 6.54 Å². The van der Waals surface area contributed by atoms with Crippen LogP contribution in [0.3, 0.4) is 0 Å². The lowest BCUT2D eigenvalue weighted by Crippen LogP contribution is -1.76. The van der Waals surface area contributed by atoms with Gasteiger partial charge in [-0.05, 0) is 22.0 Å². The molecule has 0 amide bonds. The van der Waals surface area contributed by atoms with Crippen LogP contribution in [0.5, 0.6) is 0 Å². The van der Waals surface area contributed by atoms with Gasteiger partial charge in [-0.3, -0.25) is 0 Å². The summed E-state index contributed by atoms with van der Waals surface area (Å²) < 4.78 is 6.20. The molecule has 1 aromatic rings. The van der Waals surface area contributed by atoms with Crippen molar-refractivity contribution in [2.75, 3.05) is 6.54 Å². The van der Waals surface area contributed by atoms with Crippen LogP contribution < -0.4 is 5.32 Å². The fourth-order valence-electron chi connectivity index (χ4n) is 0.771. The Balaban J connectivity index is 2.28. The minimum Gasteiger partial charge on any atom is -0.466 e. The molecule has 3 heteroatoms. The number of rotatable bonds is 1. The zero-order chi connectivity index (χ0) is 6.27.